The Bertz CT molecular complexity index is 35.4. The smallest absolute Gasteiger partial charge is 2.00 e. The molecule has 0 fully saturated rings. The van der Waals surface area contributed by atoms with Crippen molar-refractivity contribution in [3.05, 3.63) is 0 Å². The molecule has 0 saturated heterocycles. The summed E-state index contributed by atoms with van der Waals surface area (Å²) in [4.78, 5) is 8.33. The molecule has 0 aliphatic carbocycles. The van der Waals surface area contributed by atoms with E-state index in [0.29, 0.717) is 0 Å². The number of carboxylic acid groups (broad SMARTS) is 2. The van der Waals surface area contributed by atoms with Crippen molar-refractivity contribution in [1.29, 1.82) is 0 Å². The van der Waals surface area contributed by atoms with Gasteiger partial charge in [-0.15, -0.1) is 0 Å². The molecule has 0 aromatic rings. The van der Waals surface area contributed by atoms with E-state index in [9.17, 15) is 0 Å². The van der Waals surface area contributed by atoms with E-state index in [0.717, 1.165) is 0 Å². The Morgan fingerprint density at radius 3 is 1.25 bits per heavy atom. The van der Waals surface area contributed by atoms with Gasteiger partial charge in [0.2, 0.25) is 0 Å². The quantitative estimate of drug-likeness (QED) is 0.335. The van der Waals surface area contributed by atoms with Crippen LogP contribution >= 0.6 is 0 Å². The summed E-state index contributed by atoms with van der Waals surface area (Å²) in [6, 6.07) is 0. The summed E-state index contributed by atoms with van der Waals surface area (Å²) < 4.78 is 0. The van der Waals surface area contributed by atoms with E-state index < -0.39 is 6.16 Å². The number of hydrogen-bond donors (Lipinski definition) is 0. The summed E-state index contributed by atoms with van der Waals surface area (Å²) in [5.41, 5.74) is 0. The molecule has 2 N–H and O–H groups in total. The van der Waals surface area contributed by atoms with Crippen LogP contribution in [0.5, 0.6) is 0 Å². The second kappa shape index (κ2) is 24.5. The average Bonchev–Trinajstić information content (AvgIpc) is 0.811. The molecule has 0 radical (unpaired) electrons. The van der Waals surface area contributed by atoms with Crippen LogP contribution in [0.15, 0.2) is 0 Å². The molecular formula is CH2AlCaO5+. The Morgan fingerprint density at radius 2 is 1.25 bits per heavy atom. The van der Waals surface area contributed by atoms with Crippen LogP contribution < -0.4 is 10.2 Å². The Hall–Kier alpha value is 0.982. The molecule has 0 saturated carbocycles. The zero-order chi connectivity index (χ0) is 3.58. The van der Waals surface area contributed by atoms with E-state index in [-0.39, 0.29) is 66.1 Å². The number of hydrogen-bond acceptors (Lipinski definition) is 3. The SMILES string of the molecule is O.O=C([O-])[O-].[Al+3].[Ca+2].[O-2]. The molecule has 0 amide bonds. The van der Waals surface area contributed by atoms with Crippen LogP contribution in [-0.2, 0) is 5.48 Å². The molecule has 0 rings (SSSR count). The number of carbonyl (C=O) groups is 1. The molecule has 0 heterocycles. The summed E-state index contributed by atoms with van der Waals surface area (Å²) in [6.07, 6.45) is -2.33. The van der Waals surface area contributed by atoms with Gasteiger partial charge in [0.15, 0.2) is 0 Å². The molecule has 7 heteroatoms. The van der Waals surface area contributed by atoms with E-state index in [1.807, 2.05) is 0 Å². The van der Waals surface area contributed by atoms with Gasteiger partial charge < -0.3 is 26.0 Å². The molecule has 0 bridgehead atoms. The van der Waals surface area contributed by atoms with Crippen LogP contribution in [0.3, 0.4) is 0 Å². The Morgan fingerprint density at radius 1 is 1.25 bits per heavy atom. The number of rotatable bonds is 0. The second-order valence-corrected chi connectivity index (χ2v) is 0.250. The fourth-order valence-electron chi connectivity index (χ4n) is 0. The zero-order valence-corrected chi connectivity index (χ0v) is 7.28. The van der Waals surface area contributed by atoms with Crippen LogP contribution in [0, 0.1) is 0 Å². The molecule has 0 atom stereocenters. The van der Waals surface area contributed by atoms with Crippen molar-refractivity contribution in [2.45, 2.75) is 0 Å². The molecular weight excluding hydrogens is 159 g/mol. The standard InChI is InChI=1S/CH2O3.Al.Ca.H2O.O/c2-1(3)4;;;;/h(H2,2,3,4);;;1H2;/q;+3;+2;;-2/p-2. The van der Waals surface area contributed by atoms with Gasteiger partial charge in [0.1, 0.15) is 0 Å². The third-order valence-electron chi connectivity index (χ3n) is 0. The molecule has 8 heavy (non-hydrogen) atoms. The zero-order valence-electron chi connectivity index (χ0n) is 3.92. The van der Waals surface area contributed by atoms with Gasteiger partial charge in [0.25, 0.3) is 0 Å². The molecule has 40 valence electrons. The molecule has 0 unspecified atom stereocenters. The molecule has 0 aromatic heterocycles. The van der Waals surface area contributed by atoms with E-state index in [1.54, 1.807) is 0 Å². The minimum absolute atomic E-state index is 0. The Balaban J connectivity index is -0.00000000750. The van der Waals surface area contributed by atoms with Crippen molar-refractivity contribution in [3.8, 4) is 0 Å². The maximum absolute atomic E-state index is 8.33. The fraction of sp³-hybridized carbons (Fsp3) is 0. The summed E-state index contributed by atoms with van der Waals surface area (Å²) in [5.74, 6) is 0. The number of carbonyl (C=O) groups excluding carboxylic acids is 1. The first-order valence-electron chi connectivity index (χ1n) is 0.612. The van der Waals surface area contributed by atoms with E-state index in [1.165, 1.54) is 0 Å². The van der Waals surface area contributed by atoms with Crippen molar-refractivity contribution in [1.82, 2.24) is 0 Å². The van der Waals surface area contributed by atoms with Crippen molar-refractivity contribution >= 4 is 61.3 Å². The van der Waals surface area contributed by atoms with Gasteiger partial charge in [0, 0.05) is 0 Å². The fourth-order valence-corrected chi connectivity index (χ4v) is 0. The van der Waals surface area contributed by atoms with E-state index in [4.69, 9.17) is 15.0 Å². The maximum atomic E-state index is 8.33. The van der Waals surface area contributed by atoms with Crippen LogP contribution in [0.4, 0.5) is 4.79 Å². The van der Waals surface area contributed by atoms with Gasteiger partial charge in [-0.1, -0.05) is 0 Å². The predicted octanol–water partition coefficient (Wildman–Crippen LogP) is -4.15. The Labute approximate surface area is 86.4 Å². The summed E-state index contributed by atoms with van der Waals surface area (Å²) in [6.45, 7) is 0. The first-order valence-corrected chi connectivity index (χ1v) is 0.612. The minimum Gasteiger partial charge on any atom is -2.00 e. The van der Waals surface area contributed by atoms with Crippen LogP contribution in [-0.4, -0.2) is 66.7 Å². The molecule has 0 aliphatic heterocycles. The van der Waals surface area contributed by atoms with Gasteiger partial charge in [-0.05, 0) is 6.16 Å². The summed E-state index contributed by atoms with van der Waals surface area (Å²) in [5, 5.41) is 16.7. The average molecular weight is 161 g/mol. The van der Waals surface area contributed by atoms with Crippen molar-refractivity contribution in [2.24, 2.45) is 0 Å². The van der Waals surface area contributed by atoms with E-state index in [2.05, 4.69) is 0 Å². The van der Waals surface area contributed by atoms with Gasteiger partial charge in [-0.25, -0.2) is 0 Å². The van der Waals surface area contributed by atoms with Crippen molar-refractivity contribution < 1.29 is 26.0 Å². The maximum Gasteiger partial charge on any atom is 3.00 e. The third-order valence-corrected chi connectivity index (χ3v) is 0. The molecule has 0 aliphatic rings. The molecule has 0 spiro atoms. The van der Waals surface area contributed by atoms with Crippen LogP contribution in [0.1, 0.15) is 0 Å². The normalized spacial score (nSPS) is 3.00. The van der Waals surface area contributed by atoms with Gasteiger partial charge in [0.05, 0.1) is 0 Å². The monoisotopic (exact) mass is 161 g/mol. The Kier molecular flexibility index (Phi) is 111. The van der Waals surface area contributed by atoms with Crippen molar-refractivity contribution in [2.75, 3.05) is 0 Å². The van der Waals surface area contributed by atoms with Gasteiger partial charge >= 0.3 is 55.1 Å². The largest absolute Gasteiger partial charge is 3.00 e. The first-order chi connectivity index (χ1) is 1.73. The summed E-state index contributed by atoms with van der Waals surface area (Å²) >= 11 is 0. The summed E-state index contributed by atoms with van der Waals surface area (Å²) in [7, 11) is 0. The first kappa shape index (κ1) is 36.1. The topological polar surface area (TPSA) is 123 Å². The van der Waals surface area contributed by atoms with Crippen molar-refractivity contribution in [3.63, 3.8) is 0 Å². The van der Waals surface area contributed by atoms with Crippen LogP contribution in [0.25, 0.3) is 0 Å². The second-order valence-electron chi connectivity index (χ2n) is 0.250. The predicted molar refractivity (Wildman–Crippen MR) is 21.2 cm³/mol. The third kappa shape index (κ3) is 259. The van der Waals surface area contributed by atoms with Crippen LogP contribution in [0.2, 0.25) is 0 Å². The van der Waals surface area contributed by atoms with Gasteiger partial charge in [-0.3, -0.25) is 0 Å². The van der Waals surface area contributed by atoms with E-state index >= 15 is 0 Å². The van der Waals surface area contributed by atoms with Gasteiger partial charge in [-0.2, -0.15) is 0 Å². The molecule has 5 nitrogen and oxygen atoms in total. The molecule has 0 aromatic carbocycles. The minimum atomic E-state index is -2.33.